The smallest absolute Gasteiger partial charge is 0.324 e. The average molecular weight is 395 g/mol. The third-order valence-electron chi connectivity index (χ3n) is 4.38. The lowest BCUT2D eigenvalue weighted by Crippen LogP contribution is -2.43. The summed E-state index contributed by atoms with van der Waals surface area (Å²) in [5.41, 5.74) is 0.154. The highest BCUT2D eigenvalue weighted by atomic mass is 16.6. The zero-order valence-corrected chi connectivity index (χ0v) is 17.9. The molecule has 0 unspecified atom stereocenters. The highest BCUT2D eigenvalue weighted by Crippen LogP contribution is 2.35. The van der Waals surface area contributed by atoms with E-state index in [2.05, 4.69) is 6.58 Å². The van der Waals surface area contributed by atoms with Gasteiger partial charge in [0.2, 0.25) is 0 Å². The molecule has 0 fully saturated rings. The number of allylic oxidation sites excluding steroid dienone is 1. The molecule has 0 saturated heterocycles. The second-order valence-corrected chi connectivity index (χ2v) is 8.57. The van der Waals surface area contributed by atoms with Crippen LogP contribution in [0.2, 0.25) is 0 Å². The van der Waals surface area contributed by atoms with Gasteiger partial charge in [-0.1, -0.05) is 66.2 Å². The molecular formula is C25H30O4. The number of hydrogen-bond acceptors (Lipinski definition) is 4. The number of rotatable bonds is 7. The van der Waals surface area contributed by atoms with Crippen LogP contribution in [0.3, 0.4) is 0 Å². The van der Waals surface area contributed by atoms with Crippen molar-refractivity contribution in [2.24, 2.45) is 5.41 Å². The van der Waals surface area contributed by atoms with Gasteiger partial charge in [0.15, 0.2) is 11.5 Å². The van der Waals surface area contributed by atoms with E-state index in [4.69, 9.17) is 9.47 Å². The highest BCUT2D eigenvalue weighted by molar-refractivity contribution is 6.00. The van der Waals surface area contributed by atoms with E-state index in [0.29, 0.717) is 5.57 Å². The van der Waals surface area contributed by atoms with Crippen LogP contribution in [0.15, 0.2) is 72.8 Å². The van der Waals surface area contributed by atoms with Crippen LogP contribution in [0, 0.1) is 5.41 Å². The molecule has 2 aromatic carbocycles. The van der Waals surface area contributed by atoms with Gasteiger partial charge in [-0.2, -0.15) is 0 Å². The summed E-state index contributed by atoms with van der Waals surface area (Å²) < 4.78 is 11.5. The van der Waals surface area contributed by atoms with E-state index in [1.165, 1.54) is 0 Å². The first-order valence-corrected chi connectivity index (χ1v) is 9.72. The van der Waals surface area contributed by atoms with Gasteiger partial charge in [0.05, 0.1) is 0 Å². The normalized spacial score (nSPS) is 13.4. The molecule has 0 bridgehead atoms. The van der Waals surface area contributed by atoms with Gasteiger partial charge in [0, 0.05) is 0 Å². The summed E-state index contributed by atoms with van der Waals surface area (Å²) >= 11 is 0. The lowest BCUT2D eigenvalue weighted by atomic mass is 9.83. The minimum Gasteiger partial charge on any atom is -0.459 e. The molecule has 0 saturated carbocycles. The lowest BCUT2D eigenvalue weighted by molar-refractivity contribution is -0.180. The van der Waals surface area contributed by atoms with Crippen LogP contribution >= 0.6 is 0 Å². The third-order valence-corrected chi connectivity index (χ3v) is 4.38. The van der Waals surface area contributed by atoms with Crippen LogP contribution in [-0.4, -0.2) is 17.5 Å². The Kier molecular flexibility index (Phi) is 7.02. The van der Waals surface area contributed by atoms with Gasteiger partial charge in [-0.25, -0.2) is 0 Å². The summed E-state index contributed by atoms with van der Waals surface area (Å²) in [5.74, 6) is -1.25. The van der Waals surface area contributed by atoms with Gasteiger partial charge in [-0.3, -0.25) is 9.59 Å². The van der Waals surface area contributed by atoms with E-state index in [-0.39, 0.29) is 6.42 Å². The summed E-state index contributed by atoms with van der Waals surface area (Å²) in [4.78, 5) is 26.3. The molecule has 2 aromatic rings. The Balaban J connectivity index is 2.40. The highest BCUT2D eigenvalue weighted by Gasteiger charge is 2.46. The van der Waals surface area contributed by atoms with Crippen LogP contribution in [0.1, 0.15) is 58.3 Å². The van der Waals surface area contributed by atoms with Gasteiger partial charge in [0.25, 0.3) is 0 Å². The molecule has 0 aliphatic heterocycles. The van der Waals surface area contributed by atoms with Gasteiger partial charge in [0.1, 0.15) is 5.60 Å². The van der Waals surface area contributed by atoms with E-state index in [0.717, 1.165) is 11.1 Å². The maximum atomic E-state index is 13.3. The number of benzene rings is 2. The predicted octanol–water partition coefficient (Wildman–Crippen LogP) is 5.63. The van der Waals surface area contributed by atoms with E-state index in [1.807, 2.05) is 60.7 Å². The second kappa shape index (κ2) is 9.08. The molecule has 0 radical (unpaired) electrons. The standard InChI is InChI=1S/C25H30O4/c1-18(2)17-25(6,23(27)29-24(3,4)5)22(26)28-21(19-13-9-7-10-14-19)20-15-11-8-12-16-20/h7-16,21H,1,17H2,2-6H3/t25-/m0/s1. The Hall–Kier alpha value is -2.88. The minimum absolute atomic E-state index is 0.150. The SMILES string of the molecule is C=C(C)C[C@@](C)(C(=O)OC(c1ccccc1)c1ccccc1)C(=O)OC(C)(C)C. The van der Waals surface area contributed by atoms with Crippen LogP contribution in [0.4, 0.5) is 0 Å². The first kappa shape index (κ1) is 22.4. The summed E-state index contributed by atoms with van der Waals surface area (Å²) in [5, 5.41) is 0. The Morgan fingerprint density at radius 1 is 0.862 bits per heavy atom. The fraction of sp³-hybridized carbons (Fsp3) is 0.360. The maximum absolute atomic E-state index is 13.3. The van der Waals surface area contributed by atoms with Crippen molar-refractivity contribution in [2.45, 2.75) is 52.7 Å². The molecule has 1 atom stereocenters. The fourth-order valence-corrected chi connectivity index (χ4v) is 3.04. The first-order chi connectivity index (χ1) is 13.5. The van der Waals surface area contributed by atoms with Crippen LogP contribution < -0.4 is 0 Å². The third kappa shape index (κ3) is 6.05. The van der Waals surface area contributed by atoms with Gasteiger partial charge >= 0.3 is 11.9 Å². The Morgan fingerprint density at radius 3 is 1.69 bits per heavy atom. The molecule has 0 amide bonds. The Bertz CT molecular complexity index is 810. The number of carbonyl (C=O) groups excluding carboxylic acids is 2. The molecule has 0 aromatic heterocycles. The molecule has 0 N–H and O–H groups in total. The largest absolute Gasteiger partial charge is 0.459 e. The zero-order valence-electron chi connectivity index (χ0n) is 17.9. The fourth-order valence-electron chi connectivity index (χ4n) is 3.04. The van der Waals surface area contributed by atoms with Gasteiger partial charge in [-0.05, 0) is 52.2 Å². The molecule has 4 heteroatoms. The molecule has 0 heterocycles. The average Bonchev–Trinajstić information content (AvgIpc) is 2.65. The minimum atomic E-state index is -1.49. The van der Waals surface area contributed by atoms with Crippen molar-refractivity contribution >= 4 is 11.9 Å². The molecule has 29 heavy (non-hydrogen) atoms. The van der Waals surface area contributed by atoms with Crippen LogP contribution in [-0.2, 0) is 19.1 Å². The molecule has 2 rings (SSSR count). The van der Waals surface area contributed by atoms with E-state index in [9.17, 15) is 9.59 Å². The van der Waals surface area contributed by atoms with Crippen molar-refractivity contribution in [2.75, 3.05) is 0 Å². The van der Waals surface area contributed by atoms with Crippen LogP contribution in [0.5, 0.6) is 0 Å². The van der Waals surface area contributed by atoms with E-state index < -0.39 is 29.1 Å². The first-order valence-electron chi connectivity index (χ1n) is 9.72. The number of ether oxygens (including phenoxy) is 2. The number of hydrogen-bond donors (Lipinski definition) is 0. The lowest BCUT2D eigenvalue weighted by Gasteiger charge is -2.31. The molecule has 154 valence electrons. The number of esters is 2. The monoisotopic (exact) mass is 394 g/mol. The number of carbonyl (C=O) groups is 2. The Morgan fingerprint density at radius 2 is 1.31 bits per heavy atom. The van der Waals surface area contributed by atoms with Crippen LogP contribution in [0.25, 0.3) is 0 Å². The predicted molar refractivity (Wildman–Crippen MR) is 114 cm³/mol. The van der Waals surface area contributed by atoms with Gasteiger partial charge < -0.3 is 9.47 Å². The van der Waals surface area contributed by atoms with Crippen molar-refractivity contribution < 1.29 is 19.1 Å². The van der Waals surface area contributed by atoms with Crippen molar-refractivity contribution in [1.82, 2.24) is 0 Å². The summed E-state index contributed by atoms with van der Waals surface area (Å²) in [6.07, 6.45) is -0.478. The summed E-state index contributed by atoms with van der Waals surface area (Å²) in [6, 6.07) is 18.9. The molecule has 0 aliphatic carbocycles. The van der Waals surface area contributed by atoms with Crippen molar-refractivity contribution in [3.05, 3.63) is 83.9 Å². The van der Waals surface area contributed by atoms with E-state index in [1.54, 1.807) is 34.6 Å². The second-order valence-electron chi connectivity index (χ2n) is 8.57. The molecule has 4 nitrogen and oxygen atoms in total. The van der Waals surface area contributed by atoms with Crippen molar-refractivity contribution in [1.29, 1.82) is 0 Å². The van der Waals surface area contributed by atoms with E-state index >= 15 is 0 Å². The van der Waals surface area contributed by atoms with Crippen molar-refractivity contribution in [3.63, 3.8) is 0 Å². The van der Waals surface area contributed by atoms with Crippen molar-refractivity contribution in [3.8, 4) is 0 Å². The topological polar surface area (TPSA) is 52.6 Å². The zero-order chi connectivity index (χ0) is 21.7. The molecule has 0 spiro atoms. The quantitative estimate of drug-likeness (QED) is 0.347. The Labute approximate surface area is 173 Å². The molecule has 0 aliphatic rings. The molecular weight excluding hydrogens is 364 g/mol. The summed E-state index contributed by atoms with van der Waals surface area (Å²) in [6.45, 7) is 12.5. The summed E-state index contributed by atoms with van der Waals surface area (Å²) in [7, 11) is 0. The maximum Gasteiger partial charge on any atom is 0.324 e. The van der Waals surface area contributed by atoms with Gasteiger partial charge in [-0.15, -0.1) is 6.58 Å².